The number of sulfonamides is 1. The van der Waals surface area contributed by atoms with Gasteiger partial charge in [-0.1, -0.05) is 29.8 Å². The van der Waals surface area contributed by atoms with Crippen molar-refractivity contribution >= 4 is 15.7 Å². The molecule has 0 amide bonds. The minimum atomic E-state index is -3.82. The third-order valence-corrected chi connectivity index (χ3v) is 5.74. The van der Waals surface area contributed by atoms with E-state index in [0.717, 1.165) is 11.3 Å². The Bertz CT molecular complexity index is 1040. The fourth-order valence-corrected chi connectivity index (χ4v) is 4.34. The number of hydrogen-bond donors (Lipinski definition) is 1. The van der Waals surface area contributed by atoms with Crippen LogP contribution in [0.2, 0.25) is 0 Å². The smallest absolute Gasteiger partial charge is 0.265 e. The number of rotatable bonds is 5. The molecular formula is C19H21N3O3S. The minimum Gasteiger partial charge on any atom is -0.495 e. The predicted molar refractivity (Wildman–Crippen MR) is 102 cm³/mol. The Balaban J connectivity index is 2.04. The lowest BCUT2D eigenvalue weighted by Crippen LogP contribution is -2.15. The van der Waals surface area contributed by atoms with Crippen LogP contribution in [0.1, 0.15) is 17.0 Å². The van der Waals surface area contributed by atoms with E-state index < -0.39 is 10.0 Å². The molecule has 0 atom stereocenters. The number of nitrogens with zero attached hydrogens (tertiary/aromatic N) is 2. The minimum absolute atomic E-state index is 0.170. The molecule has 0 radical (unpaired) electrons. The van der Waals surface area contributed by atoms with Gasteiger partial charge in [0.1, 0.15) is 10.6 Å². The molecule has 0 saturated heterocycles. The lowest BCUT2D eigenvalue weighted by atomic mass is 10.2. The van der Waals surface area contributed by atoms with Crippen molar-refractivity contribution in [3.8, 4) is 11.4 Å². The van der Waals surface area contributed by atoms with E-state index >= 15 is 0 Å². The number of benzene rings is 2. The van der Waals surface area contributed by atoms with Crippen LogP contribution in [-0.4, -0.2) is 25.3 Å². The van der Waals surface area contributed by atoms with Gasteiger partial charge in [0.05, 0.1) is 29.9 Å². The highest BCUT2D eigenvalue weighted by atomic mass is 32.2. The summed E-state index contributed by atoms with van der Waals surface area (Å²) in [6.07, 6.45) is 0. The molecule has 0 aliphatic carbocycles. The normalized spacial score (nSPS) is 11.4. The van der Waals surface area contributed by atoms with Crippen LogP contribution in [0, 0.1) is 20.8 Å². The Morgan fingerprint density at radius 2 is 1.65 bits per heavy atom. The van der Waals surface area contributed by atoms with E-state index in [9.17, 15) is 8.42 Å². The summed E-state index contributed by atoms with van der Waals surface area (Å²) >= 11 is 0. The second-order valence-electron chi connectivity index (χ2n) is 6.05. The maximum absolute atomic E-state index is 13.0. The zero-order chi connectivity index (χ0) is 18.9. The second kappa shape index (κ2) is 6.84. The summed E-state index contributed by atoms with van der Waals surface area (Å²) in [5, 5.41) is 4.43. The van der Waals surface area contributed by atoms with Crippen LogP contribution in [0.25, 0.3) is 5.69 Å². The number of para-hydroxylation sites is 2. The highest BCUT2D eigenvalue weighted by Crippen LogP contribution is 2.29. The molecule has 1 heterocycles. The molecule has 6 nitrogen and oxygen atoms in total. The van der Waals surface area contributed by atoms with E-state index in [1.807, 2.05) is 31.2 Å². The van der Waals surface area contributed by atoms with Crippen molar-refractivity contribution in [3.05, 3.63) is 65.5 Å². The molecule has 0 fully saturated rings. The summed E-state index contributed by atoms with van der Waals surface area (Å²) in [7, 11) is -2.32. The fourth-order valence-electron chi connectivity index (χ4n) is 2.88. The standard InChI is InChI=1S/C19H21N3O3S/c1-13-9-11-16(12-10-13)22-15(3)19(14(2)20-22)26(23,24)21-17-7-5-6-8-18(17)25-4/h5-12,21H,1-4H3. The molecule has 0 bridgehead atoms. The molecule has 26 heavy (non-hydrogen) atoms. The Hall–Kier alpha value is -2.80. The monoisotopic (exact) mass is 371 g/mol. The average Bonchev–Trinajstić information content (AvgIpc) is 2.91. The largest absolute Gasteiger partial charge is 0.495 e. The molecule has 0 aliphatic heterocycles. The van der Waals surface area contributed by atoms with Gasteiger partial charge in [0.25, 0.3) is 10.0 Å². The van der Waals surface area contributed by atoms with Gasteiger partial charge >= 0.3 is 0 Å². The zero-order valence-corrected chi connectivity index (χ0v) is 16.0. The van der Waals surface area contributed by atoms with Gasteiger partial charge < -0.3 is 4.74 Å². The summed E-state index contributed by atoms with van der Waals surface area (Å²) in [6.45, 7) is 5.43. The Labute approximate surface area is 153 Å². The molecule has 0 unspecified atom stereocenters. The first-order valence-corrected chi connectivity index (χ1v) is 9.61. The average molecular weight is 371 g/mol. The van der Waals surface area contributed by atoms with Gasteiger partial charge in [-0.3, -0.25) is 4.72 Å². The summed E-state index contributed by atoms with van der Waals surface area (Å²) < 4.78 is 35.5. The van der Waals surface area contributed by atoms with Crippen LogP contribution < -0.4 is 9.46 Å². The SMILES string of the molecule is COc1ccccc1NS(=O)(=O)c1c(C)nn(-c2ccc(C)cc2)c1C. The molecular weight excluding hydrogens is 350 g/mol. The summed E-state index contributed by atoms with van der Waals surface area (Å²) in [5.41, 5.74) is 3.31. The van der Waals surface area contributed by atoms with E-state index in [1.54, 1.807) is 42.8 Å². The first-order valence-electron chi connectivity index (χ1n) is 8.12. The molecule has 0 saturated carbocycles. The molecule has 3 aromatic rings. The van der Waals surface area contributed by atoms with Crippen molar-refractivity contribution in [2.24, 2.45) is 0 Å². The molecule has 7 heteroatoms. The van der Waals surface area contributed by atoms with Crippen LogP contribution in [0.15, 0.2) is 53.4 Å². The highest BCUT2D eigenvalue weighted by molar-refractivity contribution is 7.92. The van der Waals surface area contributed by atoms with Gasteiger partial charge in [-0.05, 0) is 45.0 Å². The van der Waals surface area contributed by atoms with Crippen molar-refractivity contribution in [1.82, 2.24) is 9.78 Å². The van der Waals surface area contributed by atoms with Gasteiger partial charge in [0.2, 0.25) is 0 Å². The predicted octanol–water partition coefficient (Wildman–Crippen LogP) is 3.61. The van der Waals surface area contributed by atoms with E-state index in [0.29, 0.717) is 22.8 Å². The van der Waals surface area contributed by atoms with E-state index in [-0.39, 0.29) is 4.90 Å². The van der Waals surface area contributed by atoms with Crippen LogP contribution >= 0.6 is 0 Å². The maximum atomic E-state index is 13.0. The number of anilines is 1. The number of nitrogens with one attached hydrogen (secondary N) is 1. The maximum Gasteiger partial charge on any atom is 0.265 e. The van der Waals surface area contributed by atoms with Crippen LogP contribution in [0.5, 0.6) is 5.75 Å². The molecule has 0 spiro atoms. The van der Waals surface area contributed by atoms with Gasteiger partial charge in [0.15, 0.2) is 0 Å². The number of ether oxygens (including phenoxy) is 1. The molecule has 0 aliphatic rings. The van der Waals surface area contributed by atoms with Gasteiger partial charge in [0, 0.05) is 0 Å². The Morgan fingerprint density at radius 1 is 1.00 bits per heavy atom. The fraction of sp³-hybridized carbons (Fsp3) is 0.211. The summed E-state index contributed by atoms with van der Waals surface area (Å²) in [6, 6.07) is 14.6. The van der Waals surface area contributed by atoms with Gasteiger partial charge in [-0.15, -0.1) is 0 Å². The molecule has 1 N–H and O–H groups in total. The molecule has 2 aromatic carbocycles. The summed E-state index contributed by atoms with van der Waals surface area (Å²) in [4.78, 5) is 0.170. The number of hydrogen-bond acceptors (Lipinski definition) is 4. The highest BCUT2D eigenvalue weighted by Gasteiger charge is 2.26. The van der Waals surface area contributed by atoms with Crippen molar-refractivity contribution in [2.75, 3.05) is 11.8 Å². The van der Waals surface area contributed by atoms with E-state index in [1.165, 1.54) is 7.11 Å². The van der Waals surface area contributed by atoms with Crippen molar-refractivity contribution in [2.45, 2.75) is 25.7 Å². The lowest BCUT2D eigenvalue weighted by Gasteiger charge is -2.12. The third-order valence-electron chi connectivity index (χ3n) is 4.12. The molecule has 136 valence electrons. The van der Waals surface area contributed by atoms with E-state index in [4.69, 9.17) is 4.74 Å². The van der Waals surface area contributed by atoms with Gasteiger partial charge in [-0.2, -0.15) is 5.10 Å². The molecule has 1 aromatic heterocycles. The first-order chi connectivity index (χ1) is 12.3. The second-order valence-corrected chi connectivity index (χ2v) is 7.67. The van der Waals surface area contributed by atoms with Crippen molar-refractivity contribution < 1.29 is 13.2 Å². The quantitative estimate of drug-likeness (QED) is 0.744. The summed E-state index contributed by atoms with van der Waals surface area (Å²) in [5.74, 6) is 0.456. The van der Waals surface area contributed by atoms with Crippen LogP contribution in [0.3, 0.4) is 0 Å². The van der Waals surface area contributed by atoms with E-state index in [2.05, 4.69) is 9.82 Å². The number of methoxy groups -OCH3 is 1. The molecule has 3 rings (SSSR count). The van der Waals surface area contributed by atoms with Crippen LogP contribution in [0.4, 0.5) is 5.69 Å². The lowest BCUT2D eigenvalue weighted by molar-refractivity contribution is 0.417. The van der Waals surface area contributed by atoms with Crippen molar-refractivity contribution in [3.63, 3.8) is 0 Å². The zero-order valence-electron chi connectivity index (χ0n) is 15.1. The van der Waals surface area contributed by atoms with Gasteiger partial charge in [-0.25, -0.2) is 13.1 Å². The third kappa shape index (κ3) is 3.30. The Morgan fingerprint density at radius 3 is 2.31 bits per heavy atom. The van der Waals surface area contributed by atoms with Crippen LogP contribution in [-0.2, 0) is 10.0 Å². The topological polar surface area (TPSA) is 73.2 Å². The number of aromatic nitrogens is 2. The first kappa shape index (κ1) is 18.0. The van der Waals surface area contributed by atoms with Crippen molar-refractivity contribution in [1.29, 1.82) is 0 Å². The number of aryl methyl sites for hydroxylation is 2. The Kier molecular flexibility index (Phi) is 4.73.